The van der Waals surface area contributed by atoms with Crippen molar-refractivity contribution >= 4 is 36.8 Å². The van der Waals surface area contributed by atoms with Crippen molar-refractivity contribution in [1.82, 2.24) is 0 Å². The van der Waals surface area contributed by atoms with E-state index in [1.165, 1.54) is 95.5 Å². The third kappa shape index (κ3) is 13.8. The second-order valence-corrected chi connectivity index (χ2v) is 46.3. The molecule has 0 aliphatic carbocycles. The van der Waals surface area contributed by atoms with Gasteiger partial charge in [-0.2, -0.15) is 0 Å². The predicted octanol–water partition coefficient (Wildman–Crippen LogP) is 13.0. The predicted molar refractivity (Wildman–Crippen MR) is 193 cm³/mol. The molecular weight excluding hydrogens is 710 g/mol. The number of unbranched alkanes of at least 4 members (excludes halogenated alkanes) is 7. The Morgan fingerprint density at radius 2 is 0.854 bits per heavy atom. The van der Waals surface area contributed by atoms with E-state index in [0.29, 0.717) is 5.92 Å². The first-order chi connectivity index (χ1) is 19.9. The van der Waals surface area contributed by atoms with Gasteiger partial charge in [0.1, 0.15) is 0 Å². The van der Waals surface area contributed by atoms with Crippen LogP contribution in [0.25, 0.3) is 0 Å². The summed E-state index contributed by atoms with van der Waals surface area (Å²) in [4.78, 5) is 0. The van der Waals surface area contributed by atoms with Crippen molar-refractivity contribution in [1.29, 1.82) is 0 Å². The molecule has 1 rings (SSSR count). The average molecular weight is 784 g/mol. The Hall–Kier alpha value is 0.777. The first kappa shape index (κ1) is 39.8. The summed E-state index contributed by atoms with van der Waals surface area (Å²) < 4.78 is 10.7. The Morgan fingerprint density at radius 1 is 0.512 bits per heavy atom. The maximum absolute atomic E-state index is 12.4. The molecule has 1 aromatic carbocycles. The van der Waals surface area contributed by atoms with E-state index in [4.69, 9.17) is 0 Å². The monoisotopic (exact) mass is 786 g/mol. The Labute approximate surface area is 267 Å². The summed E-state index contributed by atoms with van der Waals surface area (Å²) in [5.74, 6) is 0.520. The summed E-state index contributed by atoms with van der Waals surface area (Å²) in [6.07, 6.45) is 21.3. The summed E-state index contributed by atoms with van der Waals surface area (Å²) in [5, 5.41) is 12.4. The van der Waals surface area contributed by atoms with E-state index in [0.717, 1.165) is 14.8 Å². The number of hydrogen-bond acceptors (Lipinski definition) is 1. The Balaban J connectivity index is 4.07. The van der Waals surface area contributed by atoms with Gasteiger partial charge in [-0.15, -0.1) is 0 Å². The van der Waals surface area contributed by atoms with Crippen LogP contribution < -0.4 is 0 Å². The first-order valence-electron chi connectivity index (χ1n) is 18.7. The van der Waals surface area contributed by atoms with Gasteiger partial charge in [0.25, 0.3) is 0 Å². The van der Waals surface area contributed by atoms with Crippen LogP contribution in [0.3, 0.4) is 0 Å². The fourth-order valence-electron chi connectivity index (χ4n) is 8.40. The third-order valence-electron chi connectivity index (χ3n) is 10.6. The number of aliphatic hydroxyl groups excluding tert-OH is 1. The molecule has 0 aliphatic rings. The number of rotatable bonds is 27. The zero-order chi connectivity index (χ0) is 30.4. The summed E-state index contributed by atoms with van der Waals surface area (Å²) in [5.41, 5.74) is 1.50. The van der Waals surface area contributed by atoms with E-state index in [2.05, 4.69) is 78.8 Å². The quantitative estimate of drug-likeness (QED) is 0.0881. The van der Waals surface area contributed by atoms with Gasteiger partial charge in [0.15, 0.2) is 0 Å². The van der Waals surface area contributed by atoms with E-state index in [1.54, 1.807) is 26.6 Å². The van der Waals surface area contributed by atoms with Crippen LogP contribution in [-0.2, 0) is 6.42 Å². The van der Waals surface area contributed by atoms with Gasteiger partial charge in [0.2, 0.25) is 0 Å². The van der Waals surface area contributed by atoms with Crippen LogP contribution in [0.2, 0.25) is 28.6 Å². The standard InChI is InChI=1S/C14H20O.6C4H9.2Sn/c1-3-4-10-14(15)12(2)11-13-8-6-5-7-9-13;6*1-3-4-2;;/h2,5-9,12,14-15H,3-4,10-11H2,1H3;6*1,3-4H2,2H3;;/t12-,14-;;;;;;;;/m0......../s1. The van der Waals surface area contributed by atoms with E-state index in [1.807, 2.05) is 0 Å². The molecule has 0 bridgehead atoms. The normalized spacial score (nSPS) is 14.1. The van der Waals surface area contributed by atoms with Gasteiger partial charge in [0.05, 0.1) is 0 Å². The van der Waals surface area contributed by atoms with Gasteiger partial charge >= 0.3 is 270 Å². The van der Waals surface area contributed by atoms with Crippen LogP contribution in [0, 0.1) is 5.92 Å². The molecule has 2 atom stereocenters. The molecule has 3 heteroatoms. The van der Waals surface area contributed by atoms with Crippen LogP contribution in [0.4, 0.5) is 0 Å². The fourth-order valence-corrected chi connectivity index (χ4v) is 88.4. The number of benzene rings is 1. The molecule has 0 aromatic heterocycles. The molecule has 1 N–H and O–H groups in total. The van der Waals surface area contributed by atoms with Crippen molar-refractivity contribution in [3.63, 3.8) is 0 Å². The molecule has 0 unspecified atom stereocenters. The van der Waals surface area contributed by atoms with Crippen LogP contribution in [0.5, 0.6) is 0 Å². The molecule has 0 saturated heterocycles. The summed E-state index contributed by atoms with van der Waals surface area (Å²) in [6, 6.07) is 11.5. The van der Waals surface area contributed by atoms with Crippen molar-refractivity contribution in [2.45, 2.75) is 186 Å². The molecule has 0 saturated carbocycles. The van der Waals surface area contributed by atoms with Crippen molar-refractivity contribution in [2.24, 2.45) is 5.92 Å². The van der Waals surface area contributed by atoms with Crippen LogP contribution in [0.1, 0.15) is 150 Å². The topological polar surface area (TPSA) is 20.2 Å². The molecule has 0 fully saturated rings. The Bertz CT molecular complexity index is 645. The molecule has 0 amide bonds. The second-order valence-electron chi connectivity index (χ2n) is 13.9. The maximum atomic E-state index is 12.4. The molecule has 1 aromatic rings. The summed E-state index contributed by atoms with van der Waals surface area (Å²) >= 11 is -5.44. The van der Waals surface area contributed by atoms with Crippen molar-refractivity contribution in [3.05, 3.63) is 35.9 Å². The second kappa shape index (κ2) is 24.1. The van der Waals surface area contributed by atoms with Crippen molar-refractivity contribution < 1.29 is 5.11 Å². The molecular formula is C38H74OSn2. The number of aliphatic hydroxyl groups is 1. The summed E-state index contributed by atoms with van der Waals surface area (Å²) in [6.45, 7) is 17.0. The van der Waals surface area contributed by atoms with Gasteiger partial charge in [-0.3, -0.25) is 0 Å². The van der Waals surface area contributed by atoms with Crippen LogP contribution >= 0.6 is 0 Å². The van der Waals surface area contributed by atoms with Crippen molar-refractivity contribution in [3.8, 4) is 0 Å². The van der Waals surface area contributed by atoms with E-state index in [9.17, 15) is 5.11 Å². The zero-order valence-corrected chi connectivity index (χ0v) is 34.8. The molecule has 0 aliphatic heterocycles. The first-order valence-corrected chi connectivity index (χ1v) is 34.1. The fraction of sp³-hybridized carbons (Fsp3) is 0.842. The zero-order valence-electron chi connectivity index (χ0n) is 29.1. The minimum atomic E-state index is -2.72. The summed E-state index contributed by atoms with van der Waals surface area (Å²) in [7, 11) is 0. The van der Waals surface area contributed by atoms with E-state index >= 15 is 0 Å². The average Bonchev–Trinajstić information content (AvgIpc) is 3.00. The van der Waals surface area contributed by atoms with Gasteiger partial charge in [-0.25, -0.2) is 0 Å². The Kier molecular flexibility index (Phi) is 23.4. The molecule has 41 heavy (non-hydrogen) atoms. The van der Waals surface area contributed by atoms with E-state index in [-0.39, 0.29) is 6.10 Å². The molecule has 0 spiro atoms. The molecule has 240 valence electrons. The Morgan fingerprint density at radius 3 is 1.17 bits per heavy atom. The molecule has 1 nitrogen and oxygen atoms in total. The number of hydrogen-bond donors (Lipinski definition) is 1. The molecule has 0 radical (unpaired) electrons. The van der Waals surface area contributed by atoms with Crippen molar-refractivity contribution in [2.75, 3.05) is 0 Å². The van der Waals surface area contributed by atoms with Gasteiger partial charge in [-0.1, -0.05) is 0 Å². The minimum absolute atomic E-state index is 0.109. The van der Waals surface area contributed by atoms with Gasteiger partial charge < -0.3 is 0 Å². The van der Waals surface area contributed by atoms with Gasteiger partial charge in [-0.05, 0) is 0 Å². The SMILES string of the molecule is CCCC[C@H](O)[C@H](Cc1ccccc1)[CH]([Sn]([CH2]CCC)([CH2]CCC)[CH2]CCC)[Sn]([CH2]CCC)([CH2]CCC)[CH2]CCC. The van der Waals surface area contributed by atoms with Crippen LogP contribution in [0.15, 0.2) is 30.3 Å². The molecule has 0 heterocycles. The van der Waals surface area contributed by atoms with Crippen LogP contribution in [-0.4, -0.2) is 48.0 Å². The van der Waals surface area contributed by atoms with E-state index < -0.39 is 36.8 Å². The third-order valence-corrected chi connectivity index (χ3v) is 67.1. The van der Waals surface area contributed by atoms with Gasteiger partial charge in [0, 0.05) is 0 Å².